The molecule has 0 fully saturated rings. The van der Waals surface area contributed by atoms with Gasteiger partial charge in [0.1, 0.15) is 0 Å². The van der Waals surface area contributed by atoms with Crippen molar-refractivity contribution in [2.75, 3.05) is 38.9 Å². The smallest absolute Gasteiger partial charge is 0.0701 e. The van der Waals surface area contributed by atoms with Gasteiger partial charge < -0.3 is 14.8 Å². The van der Waals surface area contributed by atoms with Crippen molar-refractivity contribution < 1.29 is 9.47 Å². The highest BCUT2D eigenvalue weighted by atomic mass is 35.5. The third-order valence-electron chi connectivity index (χ3n) is 2.34. The molecule has 0 radical (unpaired) electrons. The average molecular weight is 266 g/mol. The van der Waals surface area contributed by atoms with E-state index in [2.05, 4.69) is 19.2 Å². The summed E-state index contributed by atoms with van der Waals surface area (Å²) in [4.78, 5) is 0. The lowest BCUT2D eigenvalue weighted by atomic mass is 10.2. The van der Waals surface area contributed by atoms with Crippen LogP contribution in [0.3, 0.4) is 0 Å². The summed E-state index contributed by atoms with van der Waals surface area (Å²) in [5.74, 6) is 0.777. The van der Waals surface area contributed by atoms with Crippen LogP contribution in [0.25, 0.3) is 0 Å². The Morgan fingerprint density at radius 1 is 0.882 bits per heavy atom. The van der Waals surface area contributed by atoms with Gasteiger partial charge >= 0.3 is 0 Å². The first kappa shape index (κ1) is 17.2. The summed E-state index contributed by atoms with van der Waals surface area (Å²) >= 11 is 5.59. The Kier molecular flexibility index (Phi) is 14.4. The van der Waals surface area contributed by atoms with Crippen molar-refractivity contribution in [1.82, 2.24) is 5.32 Å². The molecule has 0 heterocycles. The van der Waals surface area contributed by atoms with Crippen molar-refractivity contribution in [1.29, 1.82) is 0 Å². The quantitative estimate of drug-likeness (QED) is 0.410. The fourth-order valence-corrected chi connectivity index (χ4v) is 1.58. The van der Waals surface area contributed by atoms with Crippen LogP contribution in [0.5, 0.6) is 0 Å². The van der Waals surface area contributed by atoms with Gasteiger partial charge in [0.05, 0.1) is 19.8 Å². The van der Waals surface area contributed by atoms with E-state index < -0.39 is 0 Å². The van der Waals surface area contributed by atoms with Gasteiger partial charge in [-0.1, -0.05) is 26.7 Å². The van der Waals surface area contributed by atoms with Gasteiger partial charge in [-0.05, 0) is 12.8 Å². The summed E-state index contributed by atoms with van der Waals surface area (Å²) in [7, 11) is 0. The fraction of sp³-hybridized carbons (Fsp3) is 1.00. The van der Waals surface area contributed by atoms with E-state index in [1.54, 1.807) is 0 Å². The van der Waals surface area contributed by atoms with Crippen LogP contribution in [0.2, 0.25) is 0 Å². The topological polar surface area (TPSA) is 30.5 Å². The van der Waals surface area contributed by atoms with Crippen LogP contribution in [-0.4, -0.2) is 44.9 Å². The van der Waals surface area contributed by atoms with E-state index in [0.717, 1.165) is 38.5 Å². The highest BCUT2D eigenvalue weighted by Gasteiger charge is 1.93. The highest BCUT2D eigenvalue weighted by molar-refractivity contribution is 6.17. The van der Waals surface area contributed by atoms with Crippen molar-refractivity contribution >= 4 is 11.6 Å². The number of alkyl halides is 1. The zero-order valence-electron chi connectivity index (χ0n) is 11.3. The minimum atomic E-state index is 0.530. The Morgan fingerprint density at radius 2 is 1.53 bits per heavy atom. The minimum absolute atomic E-state index is 0.530. The molecule has 0 aromatic heterocycles. The SMILES string of the molecule is CC(C)NCCOCCOCCCCCCCl. The van der Waals surface area contributed by atoms with Gasteiger partial charge in [0.25, 0.3) is 0 Å². The molecule has 0 atom stereocenters. The fourth-order valence-electron chi connectivity index (χ4n) is 1.39. The van der Waals surface area contributed by atoms with Crippen LogP contribution in [0.1, 0.15) is 39.5 Å². The van der Waals surface area contributed by atoms with Crippen LogP contribution in [0.4, 0.5) is 0 Å². The van der Waals surface area contributed by atoms with Crippen LogP contribution in [0, 0.1) is 0 Å². The van der Waals surface area contributed by atoms with Gasteiger partial charge in [0, 0.05) is 25.1 Å². The van der Waals surface area contributed by atoms with Crippen LogP contribution >= 0.6 is 11.6 Å². The molecule has 0 rings (SSSR count). The molecule has 0 saturated carbocycles. The molecule has 0 amide bonds. The maximum Gasteiger partial charge on any atom is 0.0701 e. The second-order valence-electron chi connectivity index (χ2n) is 4.44. The molecule has 0 saturated heterocycles. The molecule has 104 valence electrons. The van der Waals surface area contributed by atoms with Crippen molar-refractivity contribution in [2.24, 2.45) is 0 Å². The first-order valence-electron chi connectivity index (χ1n) is 6.72. The van der Waals surface area contributed by atoms with Crippen molar-refractivity contribution in [3.05, 3.63) is 0 Å². The van der Waals surface area contributed by atoms with Crippen LogP contribution in [-0.2, 0) is 9.47 Å². The number of ether oxygens (including phenoxy) is 2. The van der Waals surface area contributed by atoms with E-state index >= 15 is 0 Å². The van der Waals surface area contributed by atoms with E-state index in [9.17, 15) is 0 Å². The first-order chi connectivity index (χ1) is 8.27. The largest absolute Gasteiger partial charge is 0.379 e. The lowest BCUT2D eigenvalue weighted by Crippen LogP contribution is -2.27. The lowest BCUT2D eigenvalue weighted by molar-refractivity contribution is 0.0470. The molecule has 0 aliphatic heterocycles. The maximum absolute atomic E-state index is 5.59. The zero-order valence-corrected chi connectivity index (χ0v) is 12.1. The molecule has 4 heteroatoms. The molecule has 0 aromatic rings. The van der Waals surface area contributed by atoms with Crippen molar-refractivity contribution in [2.45, 2.75) is 45.6 Å². The second kappa shape index (κ2) is 14.2. The van der Waals surface area contributed by atoms with Gasteiger partial charge in [0.15, 0.2) is 0 Å². The summed E-state index contributed by atoms with van der Waals surface area (Å²) in [5, 5.41) is 3.30. The molecule has 0 spiro atoms. The molecule has 0 unspecified atom stereocenters. The van der Waals surface area contributed by atoms with Gasteiger partial charge in [-0.3, -0.25) is 0 Å². The normalized spacial score (nSPS) is 11.3. The third-order valence-corrected chi connectivity index (χ3v) is 2.61. The molecular formula is C13H28ClNO2. The molecule has 0 aliphatic carbocycles. The summed E-state index contributed by atoms with van der Waals surface area (Å²) in [6.07, 6.45) is 4.68. The summed E-state index contributed by atoms with van der Waals surface area (Å²) in [5.41, 5.74) is 0. The predicted molar refractivity (Wildman–Crippen MR) is 74.0 cm³/mol. The first-order valence-corrected chi connectivity index (χ1v) is 7.25. The van der Waals surface area contributed by atoms with Gasteiger partial charge in [0.2, 0.25) is 0 Å². The number of hydrogen-bond donors (Lipinski definition) is 1. The van der Waals surface area contributed by atoms with Crippen molar-refractivity contribution in [3.8, 4) is 0 Å². The number of unbranched alkanes of at least 4 members (excludes halogenated alkanes) is 3. The Labute approximate surface area is 111 Å². The van der Waals surface area contributed by atoms with E-state index in [1.807, 2.05) is 0 Å². The van der Waals surface area contributed by atoms with Gasteiger partial charge in [-0.25, -0.2) is 0 Å². The van der Waals surface area contributed by atoms with Gasteiger partial charge in [-0.15, -0.1) is 11.6 Å². The predicted octanol–water partition coefficient (Wildman–Crippen LogP) is 2.82. The zero-order chi connectivity index (χ0) is 12.8. The van der Waals surface area contributed by atoms with Crippen LogP contribution < -0.4 is 5.32 Å². The average Bonchev–Trinajstić information content (AvgIpc) is 2.30. The summed E-state index contributed by atoms with van der Waals surface area (Å²) in [6.45, 7) is 8.18. The Bertz CT molecular complexity index is 145. The molecular weight excluding hydrogens is 238 g/mol. The molecule has 0 aliphatic rings. The molecule has 17 heavy (non-hydrogen) atoms. The number of nitrogens with one attached hydrogen (secondary N) is 1. The monoisotopic (exact) mass is 265 g/mol. The van der Waals surface area contributed by atoms with Gasteiger partial charge in [-0.2, -0.15) is 0 Å². The Hall–Kier alpha value is 0.170. The molecule has 3 nitrogen and oxygen atoms in total. The molecule has 1 N–H and O–H groups in total. The number of halogens is 1. The van der Waals surface area contributed by atoms with E-state index in [-0.39, 0.29) is 0 Å². The number of rotatable bonds is 13. The lowest BCUT2D eigenvalue weighted by Gasteiger charge is -2.08. The Balaban J connectivity index is 2.89. The number of hydrogen-bond acceptors (Lipinski definition) is 3. The maximum atomic E-state index is 5.59. The molecule has 0 bridgehead atoms. The van der Waals surface area contributed by atoms with E-state index in [4.69, 9.17) is 21.1 Å². The summed E-state index contributed by atoms with van der Waals surface area (Å²) in [6, 6.07) is 0.530. The highest BCUT2D eigenvalue weighted by Crippen LogP contribution is 2.00. The third kappa shape index (κ3) is 16.2. The Morgan fingerprint density at radius 3 is 2.18 bits per heavy atom. The van der Waals surface area contributed by atoms with Crippen molar-refractivity contribution in [3.63, 3.8) is 0 Å². The summed E-state index contributed by atoms with van der Waals surface area (Å²) < 4.78 is 10.9. The van der Waals surface area contributed by atoms with Crippen LogP contribution in [0.15, 0.2) is 0 Å². The second-order valence-corrected chi connectivity index (χ2v) is 4.81. The minimum Gasteiger partial charge on any atom is -0.379 e. The molecule has 0 aromatic carbocycles. The van der Waals surface area contributed by atoms with E-state index in [1.165, 1.54) is 12.8 Å². The van der Waals surface area contributed by atoms with E-state index in [0.29, 0.717) is 19.3 Å². The standard InChI is InChI=1S/C13H28ClNO2/c1-13(2)15-8-10-17-12-11-16-9-6-4-3-5-7-14/h13,15H,3-12H2,1-2H3.